The van der Waals surface area contributed by atoms with Crippen LogP contribution in [-0.4, -0.2) is 36.2 Å². The van der Waals surface area contributed by atoms with Gasteiger partial charge in [-0.15, -0.1) is 0 Å². The molecule has 0 aliphatic carbocycles. The quantitative estimate of drug-likeness (QED) is 0.572. The van der Waals surface area contributed by atoms with Gasteiger partial charge in [0.05, 0.1) is 13.2 Å². The normalized spacial score (nSPS) is 34.6. The molecule has 0 N–H and O–H groups in total. The van der Waals surface area contributed by atoms with Gasteiger partial charge in [0.2, 0.25) is 0 Å². The molecule has 1 fully saturated rings. The van der Waals surface area contributed by atoms with Gasteiger partial charge >= 0.3 is 0 Å². The number of ether oxygens (including phenoxy) is 1. The molecule has 0 radical (unpaired) electrons. The third-order valence-corrected chi connectivity index (χ3v) is 2.33. The summed E-state index contributed by atoms with van der Waals surface area (Å²) in [6, 6.07) is 1.81. The van der Waals surface area contributed by atoms with Crippen molar-refractivity contribution in [3.63, 3.8) is 0 Å². The van der Waals surface area contributed by atoms with Gasteiger partial charge in [-0.05, 0) is 27.7 Å². The zero-order valence-corrected chi connectivity index (χ0v) is 8.00. The average molecular weight is 157 g/mol. The number of rotatable bonds is 1. The van der Waals surface area contributed by atoms with E-state index in [-0.39, 0.29) is 0 Å². The van der Waals surface area contributed by atoms with Crippen LogP contribution in [0, 0.1) is 0 Å². The highest BCUT2D eigenvalue weighted by molar-refractivity contribution is 4.79. The summed E-state index contributed by atoms with van der Waals surface area (Å²) in [6.45, 7) is 10.7. The predicted octanol–water partition coefficient (Wildman–Crippen LogP) is 1.50. The van der Waals surface area contributed by atoms with Gasteiger partial charge in [0.1, 0.15) is 0 Å². The second-order valence-electron chi connectivity index (χ2n) is 3.78. The summed E-state index contributed by atoms with van der Waals surface area (Å²) in [4.78, 5) is 2.52. The van der Waals surface area contributed by atoms with E-state index in [1.165, 1.54) is 0 Å². The Labute approximate surface area is 69.5 Å². The highest BCUT2D eigenvalue weighted by Gasteiger charge is 2.26. The minimum Gasteiger partial charge on any atom is -0.378 e. The third-order valence-electron chi connectivity index (χ3n) is 2.33. The van der Waals surface area contributed by atoms with Crippen molar-refractivity contribution >= 4 is 0 Å². The lowest BCUT2D eigenvalue weighted by Crippen LogP contribution is -2.52. The summed E-state index contributed by atoms with van der Waals surface area (Å²) in [7, 11) is 0. The van der Waals surface area contributed by atoms with Crippen molar-refractivity contribution in [2.45, 2.75) is 45.8 Å². The fourth-order valence-corrected chi connectivity index (χ4v) is 2.03. The molecular weight excluding hydrogens is 138 g/mol. The summed E-state index contributed by atoms with van der Waals surface area (Å²) in [5.74, 6) is 0. The molecule has 0 saturated carbocycles. The molecule has 1 rings (SSSR count). The molecule has 1 aliphatic rings. The fraction of sp³-hybridized carbons (Fsp3) is 1.00. The van der Waals surface area contributed by atoms with Crippen LogP contribution in [0.4, 0.5) is 0 Å². The van der Waals surface area contributed by atoms with Crippen molar-refractivity contribution in [3.05, 3.63) is 0 Å². The van der Waals surface area contributed by atoms with Crippen LogP contribution >= 0.6 is 0 Å². The van der Waals surface area contributed by atoms with Crippen LogP contribution in [0.25, 0.3) is 0 Å². The minimum absolute atomic E-state index is 0.582. The molecule has 1 aliphatic heterocycles. The number of nitrogens with zero attached hydrogens (tertiary/aromatic N) is 1. The molecule has 1 heterocycles. The molecule has 0 unspecified atom stereocenters. The summed E-state index contributed by atoms with van der Waals surface area (Å²) in [5, 5.41) is 0. The van der Waals surface area contributed by atoms with Crippen molar-refractivity contribution < 1.29 is 4.74 Å². The average Bonchev–Trinajstić information content (AvgIpc) is 1.85. The fourth-order valence-electron chi connectivity index (χ4n) is 2.03. The van der Waals surface area contributed by atoms with E-state index in [0.29, 0.717) is 18.1 Å². The maximum atomic E-state index is 5.43. The molecule has 2 heteroatoms. The van der Waals surface area contributed by atoms with E-state index in [0.717, 1.165) is 13.2 Å². The summed E-state index contributed by atoms with van der Waals surface area (Å²) < 4.78 is 5.43. The molecule has 2 nitrogen and oxygen atoms in total. The molecule has 66 valence electrons. The van der Waals surface area contributed by atoms with Gasteiger partial charge in [0.15, 0.2) is 0 Å². The first-order valence-electron chi connectivity index (χ1n) is 4.48. The Hall–Kier alpha value is -0.0800. The Balaban J connectivity index is 2.55. The molecule has 0 spiro atoms. The van der Waals surface area contributed by atoms with E-state index in [9.17, 15) is 0 Å². The first kappa shape index (κ1) is 9.01. The third kappa shape index (κ3) is 1.94. The molecular formula is C9H19NO. The lowest BCUT2D eigenvalue weighted by atomic mass is 10.1. The monoisotopic (exact) mass is 157 g/mol. The first-order valence-corrected chi connectivity index (χ1v) is 4.48. The van der Waals surface area contributed by atoms with E-state index in [2.05, 4.69) is 32.6 Å². The number of hydrogen-bond acceptors (Lipinski definition) is 2. The predicted molar refractivity (Wildman–Crippen MR) is 46.7 cm³/mol. The molecule has 11 heavy (non-hydrogen) atoms. The highest BCUT2D eigenvalue weighted by atomic mass is 16.5. The Bertz CT molecular complexity index is 115. The molecule has 0 amide bonds. The Kier molecular flexibility index (Phi) is 2.90. The Morgan fingerprint density at radius 3 is 1.91 bits per heavy atom. The second-order valence-corrected chi connectivity index (χ2v) is 3.78. The Morgan fingerprint density at radius 1 is 1.18 bits per heavy atom. The first-order chi connectivity index (χ1) is 5.13. The van der Waals surface area contributed by atoms with Crippen LogP contribution in [0.5, 0.6) is 0 Å². The standard InChI is InChI=1S/C9H19NO/c1-7(2)10-8(3)5-11-6-9(10)4/h7-9H,5-6H2,1-4H3/t8-,9-/m0/s1. The van der Waals surface area contributed by atoms with Crippen LogP contribution in [0.1, 0.15) is 27.7 Å². The topological polar surface area (TPSA) is 12.5 Å². The molecule has 2 atom stereocenters. The lowest BCUT2D eigenvalue weighted by Gasteiger charge is -2.41. The maximum Gasteiger partial charge on any atom is 0.0620 e. The van der Waals surface area contributed by atoms with Crippen LogP contribution in [0.3, 0.4) is 0 Å². The maximum absolute atomic E-state index is 5.43. The molecule has 1 saturated heterocycles. The minimum atomic E-state index is 0.582. The van der Waals surface area contributed by atoms with E-state index in [1.54, 1.807) is 0 Å². The highest BCUT2D eigenvalue weighted by Crippen LogP contribution is 2.15. The Morgan fingerprint density at radius 2 is 1.64 bits per heavy atom. The molecule has 0 aromatic heterocycles. The molecule has 0 bridgehead atoms. The SMILES string of the molecule is CC(C)N1[C@@H](C)COC[C@@H]1C. The van der Waals surface area contributed by atoms with E-state index >= 15 is 0 Å². The zero-order chi connectivity index (χ0) is 8.43. The molecule has 0 aromatic carbocycles. The second kappa shape index (κ2) is 3.55. The smallest absolute Gasteiger partial charge is 0.0620 e. The van der Waals surface area contributed by atoms with E-state index < -0.39 is 0 Å². The van der Waals surface area contributed by atoms with Crippen molar-refractivity contribution in [2.75, 3.05) is 13.2 Å². The van der Waals surface area contributed by atoms with Crippen molar-refractivity contribution in [2.24, 2.45) is 0 Å². The molecule has 0 aromatic rings. The van der Waals surface area contributed by atoms with Gasteiger partial charge in [-0.3, -0.25) is 4.90 Å². The van der Waals surface area contributed by atoms with Crippen molar-refractivity contribution in [3.8, 4) is 0 Å². The van der Waals surface area contributed by atoms with Gasteiger partial charge in [-0.2, -0.15) is 0 Å². The largest absolute Gasteiger partial charge is 0.378 e. The van der Waals surface area contributed by atoms with Crippen LogP contribution < -0.4 is 0 Å². The van der Waals surface area contributed by atoms with Crippen LogP contribution in [-0.2, 0) is 4.74 Å². The summed E-state index contributed by atoms with van der Waals surface area (Å²) in [6.07, 6.45) is 0. The van der Waals surface area contributed by atoms with Gasteiger partial charge in [-0.25, -0.2) is 0 Å². The van der Waals surface area contributed by atoms with E-state index in [4.69, 9.17) is 4.74 Å². The summed E-state index contributed by atoms with van der Waals surface area (Å²) in [5.41, 5.74) is 0. The zero-order valence-electron chi connectivity index (χ0n) is 8.00. The van der Waals surface area contributed by atoms with E-state index in [1.807, 2.05) is 0 Å². The lowest BCUT2D eigenvalue weighted by molar-refractivity contribution is -0.0513. The number of hydrogen-bond donors (Lipinski definition) is 0. The van der Waals surface area contributed by atoms with Crippen LogP contribution in [0.2, 0.25) is 0 Å². The van der Waals surface area contributed by atoms with Gasteiger partial charge in [-0.1, -0.05) is 0 Å². The van der Waals surface area contributed by atoms with Crippen molar-refractivity contribution in [1.29, 1.82) is 0 Å². The number of morpholine rings is 1. The van der Waals surface area contributed by atoms with Gasteiger partial charge < -0.3 is 4.74 Å². The van der Waals surface area contributed by atoms with Gasteiger partial charge in [0.25, 0.3) is 0 Å². The van der Waals surface area contributed by atoms with Crippen molar-refractivity contribution in [1.82, 2.24) is 4.90 Å². The van der Waals surface area contributed by atoms with Crippen LogP contribution in [0.15, 0.2) is 0 Å². The van der Waals surface area contributed by atoms with Gasteiger partial charge in [0, 0.05) is 18.1 Å². The summed E-state index contributed by atoms with van der Waals surface area (Å²) >= 11 is 0.